The minimum Gasteiger partial charge on any atom is -0.497 e. The molecule has 1 fully saturated rings. The number of methoxy groups -OCH3 is 1. The minimum atomic E-state index is -0.554. The van der Waals surface area contributed by atoms with E-state index in [2.05, 4.69) is 19.2 Å². The molecule has 1 N–H and O–H groups in total. The number of nitrogens with zero attached hydrogens (tertiary/aromatic N) is 1. The lowest BCUT2D eigenvalue weighted by Gasteiger charge is -2.29. The van der Waals surface area contributed by atoms with E-state index in [1.165, 1.54) is 0 Å². The molecular weight excluding hydrogens is 364 g/mol. The minimum absolute atomic E-state index is 0.0423. The van der Waals surface area contributed by atoms with Gasteiger partial charge in [0.25, 0.3) is 0 Å². The Balaban J connectivity index is 2.13. The molecule has 0 unspecified atom stereocenters. The van der Waals surface area contributed by atoms with Gasteiger partial charge in [0.05, 0.1) is 19.1 Å². The number of ether oxygens (including phenoxy) is 2. The van der Waals surface area contributed by atoms with Crippen LogP contribution < -0.4 is 10.1 Å². The molecule has 0 bridgehead atoms. The van der Waals surface area contributed by atoms with E-state index in [4.69, 9.17) is 9.47 Å². The Hall–Kier alpha value is -1.89. The zero-order valence-electron chi connectivity index (χ0n) is 16.6. The third-order valence-corrected chi connectivity index (χ3v) is 5.65. The van der Waals surface area contributed by atoms with Gasteiger partial charge in [-0.1, -0.05) is 33.3 Å². The van der Waals surface area contributed by atoms with Crippen LogP contribution in [0.4, 0.5) is 10.5 Å². The zero-order chi connectivity index (χ0) is 19.8. The molecule has 1 heterocycles. The van der Waals surface area contributed by atoms with Crippen molar-refractivity contribution in [3.63, 3.8) is 0 Å². The van der Waals surface area contributed by atoms with Gasteiger partial charge in [-0.25, -0.2) is 9.59 Å². The number of carbonyl (C=O) groups excluding carboxylic acids is 2. The van der Waals surface area contributed by atoms with Gasteiger partial charge in [0, 0.05) is 17.5 Å². The fourth-order valence-corrected chi connectivity index (χ4v) is 4.53. The molecule has 2 amide bonds. The van der Waals surface area contributed by atoms with Crippen molar-refractivity contribution in [2.24, 2.45) is 5.92 Å². The molecule has 6 nitrogen and oxygen atoms in total. The lowest BCUT2D eigenvalue weighted by Crippen LogP contribution is -2.48. The maximum absolute atomic E-state index is 13.0. The molecule has 27 heavy (non-hydrogen) atoms. The predicted molar refractivity (Wildman–Crippen MR) is 109 cm³/mol. The Morgan fingerprint density at radius 1 is 1.37 bits per heavy atom. The van der Waals surface area contributed by atoms with Crippen molar-refractivity contribution in [1.29, 1.82) is 0 Å². The van der Waals surface area contributed by atoms with E-state index in [1.54, 1.807) is 35.9 Å². The number of esters is 1. The first-order valence-corrected chi connectivity index (χ1v) is 10.5. The molecule has 1 aliphatic rings. The van der Waals surface area contributed by atoms with Gasteiger partial charge in [0.15, 0.2) is 0 Å². The molecule has 1 aromatic rings. The highest BCUT2D eigenvalue weighted by atomic mass is 32.2. The van der Waals surface area contributed by atoms with Crippen LogP contribution in [0.1, 0.15) is 40.0 Å². The molecule has 1 saturated heterocycles. The zero-order valence-corrected chi connectivity index (χ0v) is 17.4. The molecule has 150 valence electrons. The van der Waals surface area contributed by atoms with E-state index in [9.17, 15) is 9.59 Å². The Morgan fingerprint density at radius 3 is 2.81 bits per heavy atom. The Morgan fingerprint density at radius 2 is 2.15 bits per heavy atom. The first-order valence-electron chi connectivity index (χ1n) is 9.47. The van der Waals surface area contributed by atoms with Gasteiger partial charge in [0.1, 0.15) is 11.8 Å². The first kappa shape index (κ1) is 21.4. The van der Waals surface area contributed by atoms with Crippen molar-refractivity contribution in [2.75, 3.05) is 24.8 Å². The Kier molecular flexibility index (Phi) is 8.28. The molecular formula is C20H30N2O4S. The van der Waals surface area contributed by atoms with Crippen LogP contribution in [0.3, 0.4) is 0 Å². The molecule has 0 aliphatic carbocycles. The van der Waals surface area contributed by atoms with Gasteiger partial charge in [-0.3, -0.25) is 4.90 Å². The number of hydrogen-bond donors (Lipinski definition) is 1. The summed E-state index contributed by atoms with van der Waals surface area (Å²) in [5.74, 6) is 1.33. The van der Waals surface area contributed by atoms with E-state index in [1.807, 2.05) is 19.1 Å². The van der Waals surface area contributed by atoms with Crippen molar-refractivity contribution in [3.8, 4) is 5.75 Å². The maximum atomic E-state index is 13.0. The van der Waals surface area contributed by atoms with Crippen LogP contribution >= 0.6 is 11.8 Å². The summed E-state index contributed by atoms with van der Waals surface area (Å²) in [6.07, 6.45) is 2.62. The van der Waals surface area contributed by atoms with Crippen LogP contribution in [0, 0.1) is 5.92 Å². The normalized spacial score (nSPS) is 19.2. The molecule has 1 aromatic carbocycles. The summed E-state index contributed by atoms with van der Waals surface area (Å²) in [7, 11) is 1.58. The number of unbranched alkanes of at least 4 members (excludes halogenated alkanes) is 1. The molecule has 2 rings (SSSR count). The van der Waals surface area contributed by atoms with Crippen LogP contribution in [0.5, 0.6) is 5.75 Å². The summed E-state index contributed by atoms with van der Waals surface area (Å²) < 4.78 is 10.6. The molecule has 7 heteroatoms. The van der Waals surface area contributed by atoms with Crippen molar-refractivity contribution in [3.05, 3.63) is 24.3 Å². The highest BCUT2D eigenvalue weighted by Crippen LogP contribution is 2.34. The van der Waals surface area contributed by atoms with Crippen LogP contribution in [-0.2, 0) is 9.53 Å². The van der Waals surface area contributed by atoms with E-state index in [-0.39, 0.29) is 17.4 Å². The number of anilines is 1. The fourth-order valence-electron chi connectivity index (χ4n) is 2.90. The summed E-state index contributed by atoms with van der Waals surface area (Å²) >= 11 is 1.64. The van der Waals surface area contributed by atoms with Crippen LogP contribution in [-0.4, -0.2) is 47.8 Å². The topological polar surface area (TPSA) is 67.9 Å². The highest BCUT2D eigenvalue weighted by molar-refractivity contribution is 8.00. The number of hydrogen-bond acceptors (Lipinski definition) is 5. The fraction of sp³-hybridized carbons (Fsp3) is 0.600. The highest BCUT2D eigenvalue weighted by Gasteiger charge is 2.42. The van der Waals surface area contributed by atoms with Gasteiger partial charge < -0.3 is 14.8 Å². The quantitative estimate of drug-likeness (QED) is 0.524. The summed E-state index contributed by atoms with van der Waals surface area (Å²) in [6, 6.07) is 6.35. The van der Waals surface area contributed by atoms with E-state index >= 15 is 0 Å². The van der Waals surface area contributed by atoms with Gasteiger partial charge in [-0.2, -0.15) is 0 Å². The smallest absolute Gasteiger partial charge is 0.329 e. The number of urea groups is 1. The van der Waals surface area contributed by atoms with E-state index in [0.717, 1.165) is 19.3 Å². The molecule has 0 spiro atoms. The Labute approximate surface area is 166 Å². The van der Waals surface area contributed by atoms with Crippen molar-refractivity contribution in [2.45, 2.75) is 51.4 Å². The average Bonchev–Trinajstić information content (AvgIpc) is 3.05. The second-order valence-corrected chi connectivity index (χ2v) is 8.23. The standard InChI is InChI=1S/C20H30N2O4S/c1-5-6-10-26-19(23)17-13-27-18(11-14(2)3)22(17)20(24)21-15-8-7-9-16(12-15)25-4/h7-9,12,14,17-18H,5-6,10-11,13H2,1-4H3,(H,21,24)/t17-,18+/m0/s1. The van der Waals surface area contributed by atoms with Crippen molar-refractivity contribution < 1.29 is 19.1 Å². The number of thioether (sulfide) groups is 1. The largest absolute Gasteiger partial charge is 0.497 e. The Bertz CT molecular complexity index is 638. The van der Waals surface area contributed by atoms with Gasteiger partial charge in [0.2, 0.25) is 0 Å². The van der Waals surface area contributed by atoms with E-state index in [0.29, 0.717) is 29.7 Å². The number of rotatable bonds is 8. The van der Waals surface area contributed by atoms with Gasteiger partial charge in [-0.05, 0) is 30.9 Å². The SMILES string of the molecule is CCCCOC(=O)[C@@H]1CS[C@H](CC(C)C)N1C(=O)Nc1cccc(OC)c1. The second-order valence-electron chi connectivity index (χ2n) is 7.02. The molecule has 0 radical (unpaired) electrons. The lowest BCUT2D eigenvalue weighted by atomic mass is 10.1. The van der Waals surface area contributed by atoms with Crippen LogP contribution in [0.25, 0.3) is 0 Å². The van der Waals surface area contributed by atoms with Crippen LogP contribution in [0.15, 0.2) is 24.3 Å². The third-order valence-electron chi connectivity index (χ3n) is 4.34. The maximum Gasteiger partial charge on any atom is 0.329 e. The van der Waals surface area contributed by atoms with Crippen LogP contribution in [0.2, 0.25) is 0 Å². The average molecular weight is 395 g/mol. The van der Waals surface area contributed by atoms with Crippen molar-refractivity contribution >= 4 is 29.4 Å². The monoisotopic (exact) mass is 394 g/mol. The predicted octanol–water partition coefficient (Wildman–Crippen LogP) is 4.36. The molecule has 0 aromatic heterocycles. The number of nitrogens with one attached hydrogen (secondary N) is 1. The number of amides is 2. The summed E-state index contributed by atoms with van der Waals surface area (Å²) in [5.41, 5.74) is 0.637. The summed E-state index contributed by atoms with van der Waals surface area (Å²) in [4.78, 5) is 27.2. The summed E-state index contributed by atoms with van der Waals surface area (Å²) in [6.45, 7) is 6.68. The van der Waals surface area contributed by atoms with Gasteiger partial charge in [-0.15, -0.1) is 11.8 Å². The number of carbonyl (C=O) groups is 2. The molecule has 2 atom stereocenters. The third kappa shape index (κ3) is 6.06. The lowest BCUT2D eigenvalue weighted by molar-refractivity contribution is -0.148. The van der Waals surface area contributed by atoms with Crippen molar-refractivity contribution in [1.82, 2.24) is 4.90 Å². The summed E-state index contributed by atoms with van der Waals surface area (Å²) in [5, 5.41) is 2.86. The number of benzene rings is 1. The molecule has 1 aliphatic heterocycles. The second kappa shape index (κ2) is 10.4. The van der Waals surface area contributed by atoms with E-state index < -0.39 is 6.04 Å². The van der Waals surface area contributed by atoms with Gasteiger partial charge >= 0.3 is 12.0 Å². The molecule has 0 saturated carbocycles. The first-order chi connectivity index (χ1) is 13.0.